The van der Waals surface area contributed by atoms with Gasteiger partial charge in [0.15, 0.2) is 5.76 Å². The monoisotopic (exact) mass is 357 g/mol. The van der Waals surface area contributed by atoms with Crippen LogP contribution in [0, 0.1) is 20.8 Å². The molecule has 0 atom stereocenters. The molecule has 0 unspecified atom stereocenters. The summed E-state index contributed by atoms with van der Waals surface area (Å²) in [7, 11) is 0. The molecular weight excluding hydrogens is 338 g/mol. The van der Waals surface area contributed by atoms with Gasteiger partial charge in [0.1, 0.15) is 5.69 Å². The molecular formula is C22H19N3O2. The maximum absolute atomic E-state index is 13.1. The van der Waals surface area contributed by atoms with E-state index in [4.69, 9.17) is 4.42 Å². The number of nitrogens with one attached hydrogen (secondary N) is 1. The summed E-state index contributed by atoms with van der Waals surface area (Å²) in [5, 5.41) is 3.82. The smallest absolute Gasteiger partial charge is 0.256 e. The van der Waals surface area contributed by atoms with E-state index in [2.05, 4.69) is 15.3 Å². The van der Waals surface area contributed by atoms with Gasteiger partial charge in [-0.2, -0.15) is 0 Å². The van der Waals surface area contributed by atoms with Crippen molar-refractivity contribution in [3.8, 4) is 11.5 Å². The minimum atomic E-state index is -0.196. The van der Waals surface area contributed by atoms with Crippen molar-refractivity contribution >= 4 is 22.5 Å². The van der Waals surface area contributed by atoms with Gasteiger partial charge in [0, 0.05) is 11.1 Å². The second-order valence-electron chi connectivity index (χ2n) is 6.54. The van der Waals surface area contributed by atoms with Gasteiger partial charge in [-0.25, -0.2) is 4.98 Å². The predicted molar refractivity (Wildman–Crippen MR) is 106 cm³/mol. The van der Waals surface area contributed by atoms with Crippen LogP contribution in [0.1, 0.15) is 27.3 Å². The topological polar surface area (TPSA) is 68.0 Å². The Balaban J connectivity index is 1.82. The Morgan fingerprint density at radius 2 is 1.81 bits per heavy atom. The van der Waals surface area contributed by atoms with E-state index >= 15 is 0 Å². The highest BCUT2D eigenvalue weighted by Gasteiger charge is 2.17. The molecule has 5 heteroatoms. The fourth-order valence-corrected chi connectivity index (χ4v) is 3.31. The highest BCUT2D eigenvalue weighted by molar-refractivity contribution is 6.13. The standard InChI is InChI=1S/C22H19N3O2/c1-13-11-14(2)23-15(3)21(13)25-22(26)17-12-19(20-9-6-10-27-20)24-18-8-5-4-7-16(17)18/h4-12H,1-3H3,(H,25,26). The molecule has 1 N–H and O–H groups in total. The number of aryl methyl sites for hydroxylation is 3. The zero-order valence-electron chi connectivity index (χ0n) is 15.4. The number of pyridine rings is 2. The summed E-state index contributed by atoms with van der Waals surface area (Å²) in [4.78, 5) is 22.2. The molecule has 1 aromatic carbocycles. The predicted octanol–water partition coefficient (Wildman–Crippen LogP) is 5.07. The Labute approximate surface area is 157 Å². The van der Waals surface area contributed by atoms with Gasteiger partial charge in [-0.1, -0.05) is 18.2 Å². The Hall–Kier alpha value is -3.47. The van der Waals surface area contributed by atoms with Crippen LogP contribution >= 0.6 is 0 Å². The van der Waals surface area contributed by atoms with Gasteiger partial charge in [0.05, 0.1) is 28.7 Å². The lowest BCUT2D eigenvalue weighted by Gasteiger charge is -2.13. The van der Waals surface area contributed by atoms with Crippen molar-refractivity contribution in [2.45, 2.75) is 20.8 Å². The molecule has 5 nitrogen and oxygen atoms in total. The van der Waals surface area contributed by atoms with Crippen LogP contribution in [0.25, 0.3) is 22.4 Å². The number of furan rings is 1. The largest absolute Gasteiger partial charge is 0.463 e. The van der Waals surface area contributed by atoms with E-state index < -0.39 is 0 Å². The minimum absolute atomic E-state index is 0.196. The third-order valence-electron chi connectivity index (χ3n) is 4.50. The van der Waals surface area contributed by atoms with Crippen LogP contribution in [0.15, 0.2) is 59.2 Å². The van der Waals surface area contributed by atoms with E-state index in [1.165, 1.54) is 0 Å². The molecule has 0 aliphatic rings. The summed E-state index contributed by atoms with van der Waals surface area (Å²) < 4.78 is 5.47. The van der Waals surface area contributed by atoms with Gasteiger partial charge < -0.3 is 9.73 Å². The normalized spacial score (nSPS) is 10.9. The number of aromatic nitrogens is 2. The van der Waals surface area contributed by atoms with Crippen molar-refractivity contribution < 1.29 is 9.21 Å². The van der Waals surface area contributed by atoms with Crippen LogP contribution in [0.2, 0.25) is 0 Å². The third kappa shape index (κ3) is 3.19. The Morgan fingerprint density at radius 3 is 2.56 bits per heavy atom. The summed E-state index contributed by atoms with van der Waals surface area (Å²) >= 11 is 0. The number of hydrogen-bond donors (Lipinski definition) is 1. The van der Waals surface area contributed by atoms with Crippen molar-refractivity contribution in [1.29, 1.82) is 0 Å². The van der Waals surface area contributed by atoms with Gasteiger partial charge in [0.25, 0.3) is 5.91 Å². The summed E-state index contributed by atoms with van der Waals surface area (Å²) in [5.41, 5.74) is 5.37. The van der Waals surface area contributed by atoms with E-state index in [0.717, 1.165) is 33.5 Å². The maximum Gasteiger partial charge on any atom is 0.256 e. The molecule has 3 heterocycles. The summed E-state index contributed by atoms with van der Waals surface area (Å²) in [5.74, 6) is 0.428. The number of hydrogen-bond acceptors (Lipinski definition) is 4. The minimum Gasteiger partial charge on any atom is -0.463 e. The quantitative estimate of drug-likeness (QED) is 0.556. The van der Waals surface area contributed by atoms with Crippen LogP contribution in [0.4, 0.5) is 5.69 Å². The van der Waals surface area contributed by atoms with Gasteiger partial charge in [-0.05, 0) is 56.7 Å². The number of carbonyl (C=O) groups excluding carboxylic acids is 1. The van der Waals surface area contributed by atoms with Crippen LogP contribution in [0.3, 0.4) is 0 Å². The molecule has 0 saturated heterocycles. The summed E-state index contributed by atoms with van der Waals surface area (Å²) in [6.07, 6.45) is 1.59. The lowest BCUT2D eigenvalue weighted by Crippen LogP contribution is -2.15. The number of rotatable bonds is 3. The third-order valence-corrected chi connectivity index (χ3v) is 4.50. The molecule has 4 rings (SSSR count). The number of nitrogens with zero attached hydrogens (tertiary/aromatic N) is 2. The lowest BCUT2D eigenvalue weighted by atomic mass is 10.1. The van der Waals surface area contributed by atoms with Gasteiger partial charge in [-0.15, -0.1) is 0 Å². The summed E-state index contributed by atoms with van der Waals surface area (Å²) in [6.45, 7) is 5.81. The molecule has 3 aromatic heterocycles. The van der Waals surface area contributed by atoms with E-state index in [-0.39, 0.29) is 5.91 Å². The number of benzene rings is 1. The zero-order chi connectivity index (χ0) is 19.0. The van der Waals surface area contributed by atoms with Crippen molar-refractivity contribution in [2.75, 3.05) is 5.32 Å². The molecule has 0 fully saturated rings. The highest BCUT2D eigenvalue weighted by Crippen LogP contribution is 2.27. The molecule has 0 radical (unpaired) electrons. The molecule has 0 bridgehead atoms. The van der Waals surface area contributed by atoms with E-state index in [9.17, 15) is 4.79 Å². The highest BCUT2D eigenvalue weighted by atomic mass is 16.3. The number of fused-ring (bicyclic) bond motifs is 1. The van der Waals surface area contributed by atoms with E-state index in [1.807, 2.05) is 57.2 Å². The van der Waals surface area contributed by atoms with Crippen LogP contribution in [0.5, 0.6) is 0 Å². The molecule has 0 spiro atoms. The van der Waals surface area contributed by atoms with Gasteiger partial charge in [-0.3, -0.25) is 9.78 Å². The van der Waals surface area contributed by atoms with Crippen molar-refractivity contribution in [3.63, 3.8) is 0 Å². The molecule has 0 aliphatic heterocycles. The number of carbonyl (C=O) groups is 1. The van der Waals surface area contributed by atoms with Crippen molar-refractivity contribution in [1.82, 2.24) is 9.97 Å². The second kappa shape index (κ2) is 6.68. The Morgan fingerprint density at radius 1 is 1.00 bits per heavy atom. The Kier molecular flexibility index (Phi) is 4.20. The van der Waals surface area contributed by atoms with E-state index in [1.54, 1.807) is 18.4 Å². The van der Waals surface area contributed by atoms with Gasteiger partial charge >= 0.3 is 0 Å². The molecule has 0 saturated carbocycles. The summed E-state index contributed by atoms with van der Waals surface area (Å²) in [6, 6.07) is 15.0. The lowest BCUT2D eigenvalue weighted by molar-refractivity contribution is 0.102. The SMILES string of the molecule is Cc1cc(C)c(NC(=O)c2cc(-c3ccco3)nc3ccccc23)c(C)n1. The van der Waals surface area contributed by atoms with Crippen LogP contribution in [-0.4, -0.2) is 15.9 Å². The molecule has 4 aromatic rings. The molecule has 0 aliphatic carbocycles. The van der Waals surface area contributed by atoms with Crippen LogP contribution < -0.4 is 5.32 Å². The maximum atomic E-state index is 13.1. The average molecular weight is 357 g/mol. The zero-order valence-corrected chi connectivity index (χ0v) is 15.4. The first-order valence-electron chi connectivity index (χ1n) is 8.73. The fraction of sp³-hybridized carbons (Fsp3) is 0.136. The second-order valence-corrected chi connectivity index (χ2v) is 6.54. The molecule has 1 amide bonds. The van der Waals surface area contributed by atoms with Crippen molar-refractivity contribution in [3.05, 3.63) is 77.3 Å². The Bertz CT molecular complexity index is 1120. The average Bonchev–Trinajstić information content (AvgIpc) is 3.18. The number of amides is 1. The fourth-order valence-electron chi connectivity index (χ4n) is 3.31. The first kappa shape index (κ1) is 17.0. The van der Waals surface area contributed by atoms with Crippen molar-refractivity contribution in [2.24, 2.45) is 0 Å². The molecule has 27 heavy (non-hydrogen) atoms. The molecule has 134 valence electrons. The first-order chi connectivity index (χ1) is 13.0. The first-order valence-corrected chi connectivity index (χ1v) is 8.73. The van der Waals surface area contributed by atoms with Gasteiger partial charge in [0.2, 0.25) is 0 Å². The van der Waals surface area contributed by atoms with E-state index in [0.29, 0.717) is 17.0 Å². The number of anilines is 1. The number of para-hydroxylation sites is 1. The van der Waals surface area contributed by atoms with Crippen LogP contribution in [-0.2, 0) is 0 Å².